The highest BCUT2D eigenvalue weighted by Crippen LogP contribution is 2.10. The Labute approximate surface area is 110 Å². The normalized spacial score (nSPS) is 11.2. The molecular weight excluding hydrogens is 268 g/mol. The highest BCUT2D eigenvalue weighted by molar-refractivity contribution is 7.90. The van der Waals surface area contributed by atoms with Crippen LogP contribution in [0.4, 0.5) is 0 Å². The van der Waals surface area contributed by atoms with E-state index in [1.807, 2.05) is 0 Å². The molecule has 0 saturated carbocycles. The lowest BCUT2D eigenvalue weighted by atomic mass is 10.2. The summed E-state index contributed by atoms with van der Waals surface area (Å²) in [6.07, 6.45) is 2.47. The topological polar surface area (TPSA) is 105 Å². The summed E-state index contributed by atoms with van der Waals surface area (Å²) in [4.78, 5) is 15.8. The molecule has 0 aliphatic heterocycles. The lowest BCUT2D eigenvalue weighted by Crippen LogP contribution is -2.23. The Morgan fingerprint density at radius 2 is 2.00 bits per heavy atom. The van der Waals surface area contributed by atoms with Crippen LogP contribution in [-0.4, -0.2) is 35.8 Å². The molecule has 2 N–H and O–H groups in total. The van der Waals surface area contributed by atoms with Crippen molar-refractivity contribution in [1.82, 2.24) is 20.5 Å². The zero-order chi connectivity index (χ0) is 13.9. The van der Waals surface area contributed by atoms with Crippen LogP contribution in [0.2, 0.25) is 0 Å². The van der Waals surface area contributed by atoms with E-state index in [-0.39, 0.29) is 17.3 Å². The average molecular weight is 280 g/mol. The van der Waals surface area contributed by atoms with Crippen LogP contribution >= 0.6 is 0 Å². The standard InChI is InChI=1S/C11H12N4O3S/c1-19(17,18)9-4-2-8(3-5-9)11(16)12-6-10-13-7-14-15-10/h2-5,7H,6H2,1H3,(H,12,16)(H,13,14,15). The van der Waals surface area contributed by atoms with Crippen LogP contribution in [0.5, 0.6) is 0 Å². The first-order valence-electron chi connectivity index (χ1n) is 5.39. The second-order valence-electron chi connectivity index (χ2n) is 3.91. The summed E-state index contributed by atoms with van der Waals surface area (Å²) in [5.74, 6) is 0.234. The smallest absolute Gasteiger partial charge is 0.251 e. The van der Waals surface area contributed by atoms with Gasteiger partial charge in [0.1, 0.15) is 12.2 Å². The molecule has 0 radical (unpaired) electrons. The van der Waals surface area contributed by atoms with Crippen molar-refractivity contribution in [2.75, 3.05) is 6.26 Å². The van der Waals surface area contributed by atoms with Crippen molar-refractivity contribution in [2.45, 2.75) is 11.4 Å². The van der Waals surface area contributed by atoms with E-state index < -0.39 is 9.84 Å². The van der Waals surface area contributed by atoms with Gasteiger partial charge in [-0.1, -0.05) is 0 Å². The van der Waals surface area contributed by atoms with Gasteiger partial charge in [0, 0.05) is 11.8 Å². The number of nitrogens with one attached hydrogen (secondary N) is 2. The molecule has 0 aliphatic carbocycles. The minimum Gasteiger partial charge on any atom is -0.345 e. The largest absolute Gasteiger partial charge is 0.345 e. The number of carbonyl (C=O) groups excluding carboxylic acids is 1. The first-order valence-corrected chi connectivity index (χ1v) is 7.28. The Balaban J connectivity index is 2.04. The summed E-state index contributed by atoms with van der Waals surface area (Å²) in [6.45, 7) is 0.229. The van der Waals surface area contributed by atoms with Crippen molar-refractivity contribution in [3.05, 3.63) is 42.0 Å². The molecule has 0 saturated heterocycles. The van der Waals surface area contributed by atoms with E-state index in [2.05, 4.69) is 20.5 Å². The summed E-state index contributed by atoms with van der Waals surface area (Å²) in [5, 5.41) is 8.91. The summed E-state index contributed by atoms with van der Waals surface area (Å²) >= 11 is 0. The Morgan fingerprint density at radius 3 is 2.53 bits per heavy atom. The van der Waals surface area contributed by atoms with Gasteiger partial charge in [-0.3, -0.25) is 9.89 Å². The zero-order valence-electron chi connectivity index (χ0n) is 10.1. The summed E-state index contributed by atoms with van der Waals surface area (Å²) < 4.78 is 22.6. The third-order valence-electron chi connectivity index (χ3n) is 2.43. The third kappa shape index (κ3) is 3.38. The van der Waals surface area contributed by atoms with Gasteiger partial charge < -0.3 is 5.32 Å². The molecular formula is C11H12N4O3S. The van der Waals surface area contributed by atoms with E-state index in [0.717, 1.165) is 6.26 Å². The first kappa shape index (κ1) is 13.2. The van der Waals surface area contributed by atoms with Crippen molar-refractivity contribution >= 4 is 15.7 Å². The molecule has 1 heterocycles. The van der Waals surface area contributed by atoms with Crippen LogP contribution in [0, 0.1) is 0 Å². The molecule has 2 aromatic rings. The van der Waals surface area contributed by atoms with Crippen molar-refractivity contribution < 1.29 is 13.2 Å². The monoisotopic (exact) mass is 280 g/mol. The third-order valence-corrected chi connectivity index (χ3v) is 3.55. The summed E-state index contributed by atoms with van der Waals surface area (Å²) in [6, 6.07) is 5.73. The fourth-order valence-electron chi connectivity index (χ4n) is 1.44. The van der Waals surface area contributed by atoms with Gasteiger partial charge in [0.25, 0.3) is 5.91 Å². The number of carbonyl (C=O) groups is 1. The van der Waals surface area contributed by atoms with Crippen LogP contribution in [0.25, 0.3) is 0 Å². The zero-order valence-corrected chi connectivity index (χ0v) is 10.9. The SMILES string of the molecule is CS(=O)(=O)c1ccc(C(=O)NCc2ncn[nH]2)cc1. The van der Waals surface area contributed by atoms with E-state index in [1.54, 1.807) is 0 Å². The highest BCUT2D eigenvalue weighted by Gasteiger charge is 2.10. The van der Waals surface area contributed by atoms with Gasteiger partial charge in [-0.05, 0) is 24.3 Å². The molecule has 7 nitrogen and oxygen atoms in total. The molecule has 0 atom stereocenters. The highest BCUT2D eigenvalue weighted by atomic mass is 32.2. The van der Waals surface area contributed by atoms with Gasteiger partial charge in [-0.2, -0.15) is 5.10 Å². The van der Waals surface area contributed by atoms with Crippen molar-refractivity contribution in [3.63, 3.8) is 0 Å². The first-order chi connectivity index (χ1) is 8.97. The van der Waals surface area contributed by atoms with Crippen molar-refractivity contribution in [2.24, 2.45) is 0 Å². The lowest BCUT2D eigenvalue weighted by Gasteiger charge is -2.04. The Kier molecular flexibility index (Phi) is 3.61. The second-order valence-corrected chi connectivity index (χ2v) is 5.93. The number of rotatable bonds is 4. The van der Waals surface area contributed by atoms with Crippen LogP contribution in [0.3, 0.4) is 0 Å². The van der Waals surface area contributed by atoms with E-state index in [9.17, 15) is 13.2 Å². The summed E-state index contributed by atoms with van der Waals surface area (Å²) in [7, 11) is -3.25. The number of benzene rings is 1. The molecule has 100 valence electrons. The number of nitrogens with zero attached hydrogens (tertiary/aromatic N) is 2. The lowest BCUT2D eigenvalue weighted by molar-refractivity contribution is 0.0950. The molecule has 19 heavy (non-hydrogen) atoms. The van der Waals surface area contributed by atoms with E-state index in [4.69, 9.17) is 0 Å². The molecule has 0 fully saturated rings. The number of hydrogen-bond donors (Lipinski definition) is 2. The molecule has 2 rings (SSSR count). The van der Waals surface area contributed by atoms with Crippen LogP contribution in [-0.2, 0) is 16.4 Å². The molecule has 0 aliphatic rings. The molecule has 0 spiro atoms. The van der Waals surface area contributed by atoms with E-state index in [0.29, 0.717) is 11.4 Å². The Hall–Kier alpha value is -2.22. The predicted octanol–water partition coefficient (Wildman–Crippen LogP) is 0.138. The van der Waals surface area contributed by atoms with E-state index >= 15 is 0 Å². The van der Waals surface area contributed by atoms with Gasteiger partial charge in [-0.15, -0.1) is 0 Å². The van der Waals surface area contributed by atoms with Crippen LogP contribution < -0.4 is 5.32 Å². The molecule has 8 heteroatoms. The minimum atomic E-state index is -3.25. The van der Waals surface area contributed by atoms with Gasteiger partial charge >= 0.3 is 0 Å². The predicted molar refractivity (Wildman–Crippen MR) is 67.1 cm³/mol. The maximum Gasteiger partial charge on any atom is 0.251 e. The van der Waals surface area contributed by atoms with Crippen molar-refractivity contribution in [1.29, 1.82) is 0 Å². The average Bonchev–Trinajstić information content (AvgIpc) is 2.88. The van der Waals surface area contributed by atoms with Gasteiger partial charge in [0.15, 0.2) is 9.84 Å². The number of hydrogen-bond acceptors (Lipinski definition) is 5. The second kappa shape index (κ2) is 5.19. The van der Waals surface area contributed by atoms with Crippen LogP contribution in [0.15, 0.2) is 35.5 Å². The number of aromatic amines is 1. The molecule has 1 amide bonds. The Morgan fingerprint density at radius 1 is 1.32 bits per heavy atom. The Bertz CT molecular complexity index is 662. The summed E-state index contributed by atoms with van der Waals surface area (Å²) in [5.41, 5.74) is 0.381. The van der Waals surface area contributed by atoms with Crippen molar-refractivity contribution in [3.8, 4) is 0 Å². The number of amides is 1. The maximum absolute atomic E-state index is 11.8. The van der Waals surface area contributed by atoms with E-state index in [1.165, 1.54) is 30.6 Å². The fraction of sp³-hybridized carbons (Fsp3) is 0.182. The molecule has 0 unspecified atom stereocenters. The number of aromatic nitrogens is 3. The molecule has 0 bridgehead atoms. The molecule has 1 aromatic heterocycles. The van der Waals surface area contributed by atoms with Crippen LogP contribution in [0.1, 0.15) is 16.2 Å². The number of H-pyrrole nitrogens is 1. The minimum absolute atomic E-state index is 0.180. The number of sulfone groups is 1. The van der Waals surface area contributed by atoms with Gasteiger partial charge in [0.05, 0.1) is 11.4 Å². The quantitative estimate of drug-likeness (QED) is 0.828. The van der Waals surface area contributed by atoms with Gasteiger partial charge in [-0.25, -0.2) is 13.4 Å². The van der Waals surface area contributed by atoms with Gasteiger partial charge in [0.2, 0.25) is 0 Å². The maximum atomic E-state index is 11.8. The fourth-order valence-corrected chi connectivity index (χ4v) is 2.07. The molecule has 1 aromatic carbocycles.